The van der Waals surface area contributed by atoms with Gasteiger partial charge in [0.1, 0.15) is 11.6 Å². The normalized spacial score (nSPS) is 14.3. The molecule has 0 spiro atoms. The first-order valence-corrected chi connectivity index (χ1v) is 14.3. The highest BCUT2D eigenvalue weighted by molar-refractivity contribution is 7.17. The lowest BCUT2D eigenvalue weighted by Gasteiger charge is -2.34. The minimum absolute atomic E-state index is 0.0143. The lowest BCUT2D eigenvalue weighted by Crippen LogP contribution is -2.57. The molecule has 0 saturated heterocycles. The average Bonchev–Trinajstić information content (AvgIpc) is 3.37. The zero-order valence-corrected chi connectivity index (χ0v) is 25.2. The Balaban J connectivity index is 1.95. The first-order chi connectivity index (χ1) is 20.0. The van der Waals surface area contributed by atoms with Crippen molar-refractivity contribution in [2.24, 2.45) is 0 Å². The van der Waals surface area contributed by atoms with E-state index >= 15 is 0 Å². The number of nitrogens with zero attached hydrogens (tertiary/aromatic N) is 5. The summed E-state index contributed by atoms with van der Waals surface area (Å²) in [6.07, 6.45) is 1.60. The van der Waals surface area contributed by atoms with Gasteiger partial charge in [-0.1, -0.05) is 47.7 Å². The summed E-state index contributed by atoms with van der Waals surface area (Å²) in [5.74, 6) is -3.64. The summed E-state index contributed by atoms with van der Waals surface area (Å²) in [5.41, 5.74) is 3.52. The van der Waals surface area contributed by atoms with E-state index in [2.05, 4.69) is 4.90 Å². The van der Waals surface area contributed by atoms with Gasteiger partial charge in [0, 0.05) is 36.7 Å². The molecule has 0 radical (unpaired) electrons. The molecule has 0 fully saturated rings. The zero-order valence-electron chi connectivity index (χ0n) is 24.4. The third-order valence-corrected chi connectivity index (χ3v) is 8.16. The van der Waals surface area contributed by atoms with E-state index in [1.54, 1.807) is 24.3 Å². The van der Waals surface area contributed by atoms with Crippen LogP contribution in [0.3, 0.4) is 0 Å². The second-order valence-corrected chi connectivity index (χ2v) is 10.8. The molecule has 214 valence electrons. The second kappa shape index (κ2) is 12.3. The van der Waals surface area contributed by atoms with Crippen molar-refractivity contribution in [3.05, 3.63) is 86.8 Å². The molecule has 2 aromatic carbocycles. The van der Waals surface area contributed by atoms with Crippen LogP contribution in [0.15, 0.2) is 65.3 Å². The number of nitriles is 1. The molecule has 0 unspecified atom stereocenters. The number of hydrogen-bond donors (Lipinski definition) is 0. The molecule has 0 bridgehead atoms. The number of aromatic nitrogens is 1. The van der Waals surface area contributed by atoms with Crippen LogP contribution in [-0.2, 0) is 14.4 Å². The number of amides is 4. The molecule has 10 heteroatoms. The molecule has 3 aromatic rings. The number of imide groups is 2. The van der Waals surface area contributed by atoms with E-state index in [0.717, 1.165) is 41.8 Å². The van der Waals surface area contributed by atoms with Crippen LogP contribution in [0.5, 0.6) is 0 Å². The number of carbonyl (C=O) groups is 4. The van der Waals surface area contributed by atoms with Gasteiger partial charge in [0.15, 0.2) is 5.13 Å². The molecule has 0 saturated carbocycles. The summed E-state index contributed by atoms with van der Waals surface area (Å²) in [7, 11) is 0. The number of carbonyl (C=O) groups excluding carboxylic acids is 4. The standard InChI is InChI=1S/C32H31N5O4S/c1-7-35(8-2)32-34-28(27-19(3)13-12-14-20(27)4)26(42-32)17-24-21(5)25(18-33)31(41)37(30(24)40)36(22(6)38)29(39)23-15-10-9-11-16-23/h9-17H,7-8H2,1-6H3/b24-17-. The van der Waals surface area contributed by atoms with Gasteiger partial charge in [-0.05, 0) is 69.5 Å². The lowest BCUT2D eigenvalue weighted by atomic mass is 9.94. The van der Waals surface area contributed by atoms with Crippen molar-refractivity contribution < 1.29 is 19.2 Å². The minimum Gasteiger partial charge on any atom is -0.349 e. The number of aryl methyl sites for hydroxylation is 2. The number of hydrogen-bond acceptors (Lipinski definition) is 8. The summed E-state index contributed by atoms with van der Waals surface area (Å²) < 4.78 is 0. The molecule has 4 rings (SSSR count). The smallest absolute Gasteiger partial charge is 0.291 e. The van der Waals surface area contributed by atoms with Crippen molar-refractivity contribution in [3.8, 4) is 17.3 Å². The molecule has 1 aliphatic heterocycles. The summed E-state index contributed by atoms with van der Waals surface area (Å²) in [6, 6.07) is 15.7. The Labute approximate surface area is 249 Å². The van der Waals surface area contributed by atoms with Crippen LogP contribution in [0.25, 0.3) is 17.3 Å². The fraction of sp³-hybridized carbons (Fsp3) is 0.250. The summed E-state index contributed by atoms with van der Waals surface area (Å²) in [5, 5.41) is 11.7. The number of hydrazine groups is 1. The van der Waals surface area contributed by atoms with Gasteiger partial charge in [0.25, 0.3) is 17.7 Å². The Morgan fingerprint density at radius 3 is 2.14 bits per heavy atom. The predicted octanol–water partition coefficient (Wildman–Crippen LogP) is 5.47. The van der Waals surface area contributed by atoms with Crippen molar-refractivity contribution in [1.29, 1.82) is 5.26 Å². The Hall–Kier alpha value is -4.88. The van der Waals surface area contributed by atoms with E-state index in [1.807, 2.05) is 52.0 Å². The highest BCUT2D eigenvalue weighted by Crippen LogP contribution is 2.39. The van der Waals surface area contributed by atoms with Crippen LogP contribution in [-0.4, -0.2) is 51.7 Å². The molecule has 0 N–H and O–H groups in total. The van der Waals surface area contributed by atoms with E-state index in [4.69, 9.17) is 4.98 Å². The second-order valence-electron chi connectivity index (χ2n) is 9.74. The lowest BCUT2D eigenvalue weighted by molar-refractivity contribution is -0.163. The molecule has 9 nitrogen and oxygen atoms in total. The third-order valence-electron chi connectivity index (χ3n) is 7.10. The Kier molecular flexibility index (Phi) is 8.83. The van der Waals surface area contributed by atoms with E-state index in [0.29, 0.717) is 20.6 Å². The van der Waals surface area contributed by atoms with Gasteiger partial charge in [-0.2, -0.15) is 15.3 Å². The zero-order chi connectivity index (χ0) is 30.7. The Morgan fingerprint density at radius 2 is 1.60 bits per heavy atom. The van der Waals surface area contributed by atoms with E-state index < -0.39 is 23.6 Å². The van der Waals surface area contributed by atoms with Crippen LogP contribution in [0, 0.1) is 25.2 Å². The minimum atomic E-state index is -1.04. The molecule has 2 heterocycles. The maximum Gasteiger partial charge on any atom is 0.291 e. The number of rotatable bonds is 7. The average molecular weight is 582 g/mol. The molecule has 0 atom stereocenters. The van der Waals surface area contributed by atoms with Gasteiger partial charge in [-0.25, -0.2) is 4.98 Å². The highest BCUT2D eigenvalue weighted by atomic mass is 32.1. The summed E-state index contributed by atoms with van der Waals surface area (Å²) >= 11 is 1.39. The fourth-order valence-corrected chi connectivity index (χ4v) is 6.02. The SMILES string of the molecule is CCN(CC)c1nc(-c2c(C)cccc2C)c(/C=C2\C(=O)N(N(C(C)=O)C(=O)c3ccccc3)C(=O)C(C#N)=C2C)s1. The predicted molar refractivity (Wildman–Crippen MR) is 162 cm³/mol. The maximum absolute atomic E-state index is 14.0. The van der Waals surface area contributed by atoms with E-state index in [9.17, 15) is 24.4 Å². The maximum atomic E-state index is 14.0. The fourth-order valence-electron chi connectivity index (χ4n) is 4.87. The summed E-state index contributed by atoms with van der Waals surface area (Å²) in [6.45, 7) is 12.1. The first-order valence-electron chi connectivity index (χ1n) is 13.5. The molecule has 0 aliphatic carbocycles. The van der Waals surface area contributed by atoms with Crippen molar-refractivity contribution in [2.75, 3.05) is 18.0 Å². The van der Waals surface area contributed by atoms with Crippen LogP contribution in [0.1, 0.15) is 54.1 Å². The Bertz CT molecular complexity index is 1670. The van der Waals surface area contributed by atoms with Gasteiger partial charge in [0.05, 0.1) is 10.6 Å². The summed E-state index contributed by atoms with van der Waals surface area (Å²) in [4.78, 5) is 61.4. The van der Waals surface area contributed by atoms with Gasteiger partial charge in [-0.3, -0.25) is 19.2 Å². The number of thiazole rings is 1. The van der Waals surface area contributed by atoms with Crippen LogP contribution < -0.4 is 4.90 Å². The molecular formula is C32H31N5O4S. The molecule has 1 aromatic heterocycles. The highest BCUT2D eigenvalue weighted by Gasteiger charge is 2.43. The molecule has 42 heavy (non-hydrogen) atoms. The van der Waals surface area contributed by atoms with Crippen molar-refractivity contribution in [1.82, 2.24) is 15.0 Å². The van der Waals surface area contributed by atoms with Crippen LogP contribution >= 0.6 is 11.3 Å². The van der Waals surface area contributed by atoms with Crippen molar-refractivity contribution in [3.63, 3.8) is 0 Å². The van der Waals surface area contributed by atoms with Crippen LogP contribution in [0.2, 0.25) is 0 Å². The molecular weight excluding hydrogens is 550 g/mol. The van der Waals surface area contributed by atoms with E-state index in [-0.39, 0.29) is 22.3 Å². The van der Waals surface area contributed by atoms with Crippen LogP contribution in [0.4, 0.5) is 5.13 Å². The van der Waals surface area contributed by atoms with Gasteiger partial charge >= 0.3 is 0 Å². The topological polar surface area (TPSA) is 115 Å². The Morgan fingerprint density at radius 1 is 0.976 bits per heavy atom. The van der Waals surface area contributed by atoms with Gasteiger partial charge < -0.3 is 4.90 Å². The first kappa shape index (κ1) is 30.1. The van der Waals surface area contributed by atoms with E-state index in [1.165, 1.54) is 30.4 Å². The third kappa shape index (κ3) is 5.39. The molecule has 4 amide bonds. The quantitative estimate of drug-likeness (QED) is 0.268. The van der Waals surface area contributed by atoms with Gasteiger partial charge in [-0.15, -0.1) is 0 Å². The number of anilines is 1. The van der Waals surface area contributed by atoms with Crippen molar-refractivity contribution in [2.45, 2.75) is 41.5 Å². The van der Waals surface area contributed by atoms with Gasteiger partial charge in [0.2, 0.25) is 5.91 Å². The van der Waals surface area contributed by atoms with Crippen molar-refractivity contribution >= 4 is 46.2 Å². The monoisotopic (exact) mass is 581 g/mol. The molecule has 1 aliphatic rings. The number of benzene rings is 2. The largest absolute Gasteiger partial charge is 0.349 e.